The van der Waals surface area contributed by atoms with Gasteiger partial charge in [0, 0.05) is 27.2 Å². The highest BCUT2D eigenvalue weighted by molar-refractivity contribution is 6.26. The first kappa shape index (κ1) is 33.1. The Morgan fingerprint density at radius 3 is 1.72 bits per heavy atom. The maximum Gasteiger partial charge on any atom is 0.418 e. The molecule has 0 fully saturated rings. The fourth-order valence-corrected chi connectivity index (χ4v) is 7.67. The van der Waals surface area contributed by atoms with E-state index in [4.69, 9.17) is 0 Å². The molecule has 0 aliphatic heterocycles. The first-order valence-corrected chi connectivity index (χ1v) is 17.0. The Balaban J connectivity index is 1.34. The van der Waals surface area contributed by atoms with Crippen molar-refractivity contribution in [1.82, 2.24) is 9.13 Å². The van der Waals surface area contributed by atoms with Crippen molar-refractivity contribution >= 4 is 43.6 Å². The van der Waals surface area contributed by atoms with E-state index in [0.717, 1.165) is 44.2 Å². The standard InChI is InChI=1S/C45H25F6N3/c46-44(47,48)32-23-31(26-52)42(37(25-32)45(49,50)51)54-39-16-7-5-14-36(39)41-40(54)22-21-35-34-13-4-6-15-38(34)53(43(35)41)33-12-8-11-30(24-33)29-19-17-28(18-20-29)27-9-2-1-3-10-27/h1-25H. The van der Waals surface area contributed by atoms with Gasteiger partial charge < -0.3 is 9.13 Å². The van der Waals surface area contributed by atoms with Crippen LogP contribution >= 0.6 is 0 Å². The molecule has 9 rings (SSSR count). The van der Waals surface area contributed by atoms with Crippen LogP contribution in [-0.4, -0.2) is 9.13 Å². The van der Waals surface area contributed by atoms with Crippen molar-refractivity contribution in [2.45, 2.75) is 12.4 Å². The van der Waals surface area contributed by atoms with E-state index in [1.165, 1.54) is 4.57 Å². The summed E-state index contributed by atoms with van der Waals surface area (Å²) in [5.41, 5.74) is 2.61. The molecule has 2 heterocycles. The number of halogens is 6. The van der Waals surface area contributed by atoms with Crippen LogP contribution in [-0.2, 0) is 12.4 Å². The lowest BCUT2D eigenvalue weighted by Gasteiger charge is -2.20. The van der Waals surface area contributed by atoms with E-state index < -0.39 is 34.7 Å². The minimum absolute atomic E-state index is 0.0875. The predicted octanol–water partition coefficient (Wildman–Crippen LogP) is 13.1. The zero-order chi connectivity index (χ0) is 37.4. The molecule has 0 atom stereocenters. The molecular weight excluding hydrogens is 697 g/mol. The van der Waals surface area contributed by atoms with Crippen LogP contribution in [0.25, 0.3) is 77.2 Å². The van der Waals surface area contributed by atoms with Crippen molar-refractivity contribution in [2.75, 3.05) is 0 Å². The second-order valence-corrected chi connectivity index (χ2v) is 13.1. The highest BCUT2D eigenvalue weighted by atomic mass is 19.4. The number of benzene rings is 7. The zero-order valence-corrected chi connectivity index (χ0v) is 28.0. The molecule has 0 bridgehead atoms. The van der Waals surface area contributed by atoms with E-state index in [2.05, 4.69) is 47.0 Å². The summed E-state index contributed by atoms with van der Waals surface area (Å²) in [5.74, 6) is 0. The molecule has 9 heteroatoms. The number of nitrogens with zero attached hydrogens (tertiary/aromatic N) is 3. The molecule has 0 saturated carbocycles. The summed E-state index contributed by atoms with van der Waals surface area (Å²) in [4.78, 5) is 0. The molecule has 2 aromatic heterocycles. The summed E-state index contributed by atoms with van der Waals surface area (Å²) < 4.78 is 89.4. The average Bonchev–Trinajstić information content (AvgIpc) is 3.70. The first-order chi connectivity index (χ1) is 26.0. The molecule has 262 valence electrons. The minimum Gasteiger partial charge on any atom is -0.309 e. The van der Waals surface area contributed by atoms with E-state index in [-0.39, 0.29) is 6.07 Å². The number of hydrogen-bond acceptors (Lipinski definition) is 1. The first-order valence-electron chi connectivity index (χ1n) is 17.0. The van der Waals surface area contributed by atoms with Crippen LogP contribution in [0.15, 0.2) is 152 Å². The molecule has 0 amide bonds. The fourth-order valence-electron chi connectivity index (χ4n) is 7.67. The number of para-hydroxylation sites is 2. The van der Waals surface area contributed by atoms with Crippen molar-refractivity contribution in [3.8, 4) is 39.7 Å². The second-order valence-electron chi connectivity index (χ2n) is 13.1. The molecule has 9 aromatic rings. The topological polar surface area (TPSA) is 33.6 Å². The van der Waals surface area contributed by atoms with E-state index in [1.54, 1.807) is 36.4 Å². The van der Waals surface area contributed by atoms with Gasteiger partial charge in [0.05, 0.1) is 44.4 Å². The van der Waals surface area contributed by atoms with Gasteiger partial charge in [0.2, 0.25) is 0 Å². The van der Waals surface area contributed by atoms with Gasteiger partial charge in [0.1, 0.15) is 6.07 Å². The van der Waals surface area contributed by atoms with Crippen molar-refractivity contribution in [3.63, 3.8) is 0 Å². The monoisotopic (exact) mass is 721 g/mol. The van der Waals surface area contributed by atoms with E-state index in [1.807, 2.05) is 66.7 Å². The van der Waals surface area contributed by atoms with Gasteiger partial charge in [-0.25, -0.2) is 0 Å². The zero-order valence-electron chi connectivity index (χ0n) is 28.0. The van der Waals surface area contributed by atoms with Crippen LogP contribution < -0.4 is 0 Å². The Bertz CT molecular complexity index is 2960. The van der Waals surface area contributed by atoms with Crippen LogP contribution in [0.1, 0.15) is 16.7 Å². The lowest BCUT2D eigenvalue weighted by Crippen LogP contribution is -2.16. The molecule has 0 unspecified atom stereocenters. The number of alkyl halides is 6. The van der Waals surface area contributed by atoms with Gasteiger partial charge in [-0.05, 0) is 64.7 Å². The van der Waals surface area contributed by atoms with E-state index in [9.17, 15) is 31.6 Å². The summed E-state index contributed by atoms with van der Waals surface area (Å²) in [6, 6.07) is 46.7. The molecule has 54 heavy (non-hydrogen) atoms. The molecule has 0 radical (unpaired) electrons. The third kappa shape index (κ3) is 5.21. The van der Waals surface area contributed by atoms with Crippen molar-refractivity contribution < 1.29 is 26.3 Å². The van der Waals surface area contributed by atoms with Gasteiger partial charge in [-0.2, -0.15) is 31.6 Å². The van der Waals surface area contributed by atoms with Gasteiger partial charge in [-0.3, -0.25) is 0 Å². The summed E-state index contributed by atoms with van der Waals surface area (Å²) in [7, 11) is 0. The van der Waals surface area contributed by atoms with Crippen LogP contribution in [0.4, 0.5) is 26.3 Å². The Kier molecular flexibility index (Phi) is 7.43. The van der Waals surface area contributed by atoms with Crippen LogP contribution in [0.5, 0.6) is 0 Å². The average molecular weight is 722 g/mol. The van der Waals surface area contributed by atoms with Crippen molar-refractivity contribution in [1.29, 1.82) is 5.26 Å². The lowest BCUT2D eigenvalue weighted by molar-refractivity contribution is -0.143. The third-order valence-electron chi connectivity index (χ3n) is 9.99. The van der Waals surface area contributed by atoms with Gasteiger partial charge in [0.15, 0.2) is 0 Å². The highest BCUT2D eigenvalue weighted by Crippen LogP contribution is 2.46. The molecular formula is C45H25F6N3. The summed E-state index contributed by atoms with van der Waals surface area (Å²) >= 11 is 0. The lowest BCUT2D eigenvalue weighted by atomic mass is 10.00. The number of rotatable bonds is 4. The molecule has 0 aliphatic carbocycles. The van der Waals surface area contributed by atoms with E-state index >= 15 is 0 Å². The number of nitriles is 1. The molecule has 0 aliphatic rings. The van der Waals surface area contributed by atoms with Gasteiger partial charge in [0.25, 0.3) is 0 Å². The van der Waals surface area contributed by atoms with Gasteiger partial charge >= 0.3 is 12.4 Å². The highest BCUT2D eigenvalue weighted by Gasteiger charge is 2.41. The molecule has 3 nitrogen and oxygen atoms in total. The Morgan fingerprint density at radius 1 is 0.463 bits per heavy atom. The molecule has 7 aromatic carbocycles. The molecule has 0 saturated heterocycles. The normalized spacial score (nSPS) is 12.2. The fraction of sp³-hybridized carbons (Fsp3) is 0.0444. The number of fused-ring (bicyclic) bond motifs is 7. The quantitative estimate of drug-likeness (QED) is 0.167. The van der Waals surface area contributed by atoms with E-state index in [0.29, 0.717) is 33.4 Å². The summed E-state index contributed by atoms with van der Waals surface area (Å²) in [6.07, 6.45) is -10.3. The SMILES string of the molecule is N#Cc1cc(C(F)(F)F)cc(C(F)(F)F)c1-n1c2ccccc2c2c1ccc1c3ccccc3n(-c3cccc(-c4ccc(-c5ccccc5)cc4)c3)c12. The van der Waals surface area contributed by atoms with Crippen LogP contribution in [0.2, 0.25) is 0 Å². The minimum atomic E-state index is -5.21. The van der Waals surface area contributed by atoms with Gasteiger partial charge in [-0.15, -0.1) is 0 Å². The maximum atomic E-state index is 14.8. The maximum absolute atomic E-state index is 14.8. The van der Waals surface area contributed by atoms with Crippen LogP contribution in [0.3, 0.4) is 0 Å². The largest absolute Gasteiger partial charge is 0.418 e. The van der Waals surface area contributed by atoms with Crippen LogP contribution in [0, 0.1) is 11.3 Å². The predicted molar refractivity (Wildman–Crippen MR) is 201 cm³/mol. The Morgan fingerprint density at radius 2 is 1.06 bits per heavy atom. The molecule has 0 spiro atoms. The van der Waals surface area contributed by atoms with Crippen molar-refractivity contribution in [3.05, 3.63) is 168 Å². The summed E-state index contributed by atoms with van der Waals surface area (Å²) in [6.45, 7) is 0. The number of aromatic nitrogens is 2. The van der Waals surface area contributed by atoms with Gasteiger partial charge in [-0.1, -0.05) is 109 Å². The third-order valence-corrected chi connectivity index (χ3v) is 9.99. The summed E-state index contributed by atoms with van der Waals surface area (Å²) in [5, 5.41) is 13.0. The smallest absolute Gasteiger partial charge is 0.309 e. The van der Waals surface area contributed by atoms with Crippen molar-refractivity contribution in [2.24, 2.45) is 0 Å². The molecule has 0 N–H and O–H groups in total. The Labute approximate surface area is 304 Å². The Hall–Kier alpha value is -6.79. The number of hydrogen-bond donors (Lipinski definition) is 0. The second kappa shape index (κ2) is 12.1.